The van der Waals surface area contributed by atoms with Crippen LogP contribution < -0.4 is 10.1 Å². The number of para-hydroxylation sites is 1. The molecule has 110 valence electrons. The van der Waals surface area contributed by atoms with Gasteiger partial charge >= 0.3 is 0 Å². The van der Waals surface area contributed by atoms with Gasteiger partial charge in [0.05, 0.1) is 6.61 Å². The molecule has 21 heavy (non-hydrogen) atoms. The van der Waals surface area contributed by atoms with Gasteiger partial charge in [0.15, 0.2) is 0 Å². The summed E-state index contributed by atoms with van der Waals surface area (Å²) in [6, 6.07) is 17.2. The first-order valence-electron chi connectivity index (χ1n) is 7.79. The van der Waals surface area contributed by atoms with Crippen molar-refractivity contribution in [2.75, 3.05) is 18.5 Å². The Morgan fingerprint density at radius 3 is 2.62 bits per heavy atom. The number of rotatable bonds is 4. The van der Waals surface area contributed by atoms with Gasteiger partial charge in [-0.1, -0.05) is 44.2 Å². The van der Waals surface area contributed by atoms with Crippen molar-refractivity contribution in [2.45, 2.75) is 32.1 Å². The summed E-state index contributed by atoms with van der Waals surface area (Å²) in [5, 5.41) is 3.57. The average Bonchev–Trinajstić information content (AvgIpc) is 2.53. The van der Waals surface area contributed by atoms with Gasteiger partial charge in [0, 0.05) is 18.2 Å². The predicted molar refractivity (Wildman–Crippen MR) is 88.3 cm³/mol. The maximum atomic E-state index is 5.72. The van der Waals surface area contributed by atoms with E-state index < -0.39 is 0 Å². The average molecular weight is 281 g/mol. The summed E-state index contributed by atoms with van der Waals surface area (Å²) in [4.78, 5) is 0. The molecule has 0 spiro atoms. The smallest absolute Gasteiger partial charge is 0.122 e. The van der Waals surface area contributed by atoms with Crippen LogP contribution in [0.25, 0.3) is 0 Å². The van der Waals surface area contributed by atoms with Gasteiger partial charge in [-0.15, -0.1) is 0 Å². The van der Waals surface area contributed by atoms with Gasteiger partial charge in [0.1, 0.15) is 5.75 Å². The van der Waals surface area contributed by atoms with E-state index in [0.717, 1.165) is 25.3 Å². The SMILES string of the molecule is CC(C)c1ccc(NCC2CCOc3ccccc32)cc1. The fourth-order valence-electron chi connectivity index (χ4n) is 2.85. The highest BCUT2D eigenvalue weighted by Gasteiger charge is 2.20. The molecule has 1 aliphatic rings. The van der Waals surface area contributed by atoms with Crippen molar-refractivity contribution in [3.05, 3.63) is 59.7 Å². The van der Waals surface area contributed by atoms with Crippen molar-refractivity contribution in [2.24, 2.45) is 0 Å². The van der Waals surface area contributed by atoms with E-state index in [2.05, 4.69) is 61.6 Å². The third-order valence-corrected chi connectivity index (χ3v) is 4.21. The van der Waals surface area contributed by atoms with Crippen LogP contribution in [0.2, 0.25) is 0 Å². The minimum atomic E-state index is 0.528. The molecule has 2 aromatic rings. The summed E-state index contributed by atoms with van der Waals surface area (Å²) in [5.74, 6) is 2.16. The minimum absolute atomic E-state index is 0.528. The first kappa shape index (κ1) is 14.0. The highest BCUT2D eigenvalue weighted by Crippen LogP contribution is 2.33. The molecule has 1 atom stereocenters. The summed E-state index contributed by atoms with van der Waals surface area (Å²) < 4.78 is 5.72. The third kappa shape index (κ3) is 3.21. The zero-order valence-corrected chi connectivity index (χ0v) is 12.8. The summed E-state index contributed by atoms with van der Waals surface area (Å²) in [7, 11) is 0. The highest BCUT2D eigenvalue weighted by molar-refractivity contribution is 5.46. The number of ether oxygens (including phenoxy) is 1. The second kappa shape index (κ2) is 6.21. The molecule has 2 nitrogen and oxygen atoms in total. The molecule has 1 unspecified atom stereocenters. The van der Waals surface area contributed by atoms with E-state index in [1.165, 1.54) is 16.8 Å². The maximum Gasteiger partial charge on any atom is 0.122 e. The monoisotopic (exact) mass is 281 g/mol. The quantitative estimate of drug-likeness (QED) is 0.870. The van der Waals surface area contributed by atoms with Crippen LogP contribution in [-0.2, 0) is 0 Å². The second-order valence-corrected chi connectivity index (χ2v) is 6.03. The van der Waals surface area contributed by atoms with E-state index >= 15 is 0 Å². The molecule has 0 radical (unpaired) electrons. The highest BCUT2D eigenvalue weighted by atomic mass is 16.5. The van der Waals surface area contributed by atoms with Gasteiger partial charge in [-0.05, 0) is 41.7 Å². The van der Waals surface area contributed by atoms with Crippen LogP contribution in [0.1, 0.15) is 43.2 Å². The molecule has 0 saturated heterocycles. The Morgan fingerprint density at radius 2 is 1.86 bits per heavy atom. The van der Waals surface area contributed by atoms with E-state index in [9.17, 15) is 0 Å². The lowest BCUT2D eigenvalue weighted by Crippen LogP contribution is -2.20. The van der Waals surface area contributed by atoms with Crippen molar-refractivity contribution in [3.8, 4) is 5.75 Å². The lowest BCUT2D eigenvalue weighted by molar-refractivity contribution is 0.270. The molecule has 0 saturated carbocycles. The summed E-state index contributed by atoms with van der Waals surface area (Å²) in [6.07, 6.45) is 1.08. The first-order chi connectivity index (χ1) is 10.2. The first-order valence-corrected chi connectivity index (χ1v) is 7.79. The van der Waals surface area contributed by atoms with Gasteiger partial charge in [-0.25, -0.2) is 0 Å². The lowest BCUT2D eigenvalue weighted by atomic mass is 9.93. The Bertz CT molecular complexity index is 589. The van der Waals surface area contributed by atoms with E-state index in [1.807, 2.05) is 6.07 Å². The molecule has 1 N–H and O–H groups in total. The van der Waals surface area contributed by atoms with Crippen molar-refractivity contribution in [1.29, 1.82) is 0 Å². The Hall–Kier alpha value is -1.96. The Kier molecular flexibility index (Phi) is 4.14. The number of fused-ring (bicyclic) bond motifs is 1. The number of hydrogen-bond donors (Lipinski definition) is 1. The zero-order valence-electron chi connectivity index (χ0n) is 12.8. The number of hydrogen-bond acceptors (Lipinski definition) is 2. The number of nitrogens with one attached hydrogen (secondary N) is 1. The van der Waals surface area contributed by atoms with Crippen molar-refractivity contribution in [1.82, 2.24) is 0 Å². The van der Waals surface area contributed by atoms with Crippen molar-refractivity contribution in [3.63, 3.8) is 0 Å². The summed E-state index contributed by atoms with van der Waals surface area (Å²) in [6.45, 7) is 6.22. The van der Waals surface area contributed by atoms with Crippen molar-refractivity contribution < 1.29 is 4.74 Å². The zero-order chi connectivity index (χ0) is 14.7. The van der Waals surface area contributed by atoms with Gasteiger partial charge < -0.3 is 10.1 Å². The molecule has 0 bridgehead atoms. The molecular weight excluding hydrogens is 258 g/mol. The largest absolute Gasteiger partial charge is 0.493 e. The Labute approximate surface area is 127 Å². The molecular formula is C19H23NO. The Balaban J connectivity index is 1.66. The van der Waals surface area contributed by atoms with Crippen LogP contribution in [-0.4, -0.2) is 13.2 Å². The van der Waals surface area contributed by atoms with Crippen molar-refractivity contribution >= 4 is 5.69 Å². The van der Waals surface area contributed by atoms with Crippen LogP contribution in [0.5, 0.6) is 5.75 Å². The van der Waals surface area contributed by atoms with Crippen LogP contribution in [0, 0.1) is 0 Å². The molecule has 0 amide bonds. The topological polar surface area (TPSA) is 21.3 Å². The lowest BCUT2D eigenvalue weighted by Gasteiger charge is -2.26. The van der Waals surface area contributed by atoms with Gasteiger partial charge in [0.25, 0.3) is 0 Å². The van der Waals surface area contributed by atoms with E-state index in [-0.39, 0.29) is 0 Å². The fraction of sp³-hybridized carbons (Fsp3) is 0.368. The molecule has 3 rings (SSSR count). The minimum Gasteiger partial charge on any atom is -0.493 e. The van der Waals surface area contributed by atoms with Crippen LogP contribution in [0.4, 0.5) is 5.69 Å². The fourth-order valence-corrected chi connectivity index (χ4v) is 2.85. The summed E-state index contributed by atoms with van der Waals surface area (Å²) in [5.41, 5.74) is 3.91. The third-order valence-electron chi connectivity index (χ3n) is 4.21. The molecule has 1 heterocycles. The number of anilines is 1. The van der Waals surface area contributed by atoms with E-state index in [4.69, 9.17) is 4.74 Å². The second-order valence-electron chi connectivity index (χ2n) is 6.03. The standard InChI is InChI=1S/C19H23NO/c1-14(2)15-7-9-17(10-8-15)20-13-16-11-12-21-19-6-4-3-5-18(16)19/h3-10,14,16,20H,11-13H2,1-2H3. The van der Waals surface area contributed by atoms with Gasteiger partial charge in [-0.2, -0.15) is 0 Å². The molecule has 2 aromatic carbocycles. The predicted octanol–water partition coefficient (Wildman–Crippen LogP) is 4.79. The molecule has 0 aliphatic carbocycles. The number of benzene rings is 2. The molecule has 0 aromatic heterocycles. The maximum absolute atomic E-state index is 5.72. The Morgan fingerprint density at radius 1 is 1.10 bits per heavy atom. The van der Waals surface area contributed by atoms with Crippen LogP contribution in [0.15, 0.2) is 48.5 Å². The molecule has 0 fully saturated rings. The normalized spacial score (nSPS) is 17.2. The van der Waals surface area contributed by atoms with Gasteiger partial charge in [-0.3, -0.25) is 0 Å². The van der Waals surface area contributed by atoms with Gasteiger partial charge in [0.2, 0.25) is 0 Å². The molecule has 2 heteroatoms. The van der Waals surface area contributed by atoms with Crippen LogP contribution in [0.3, 0.4) is 0 Å². The van der Waals surface area contributed by atoms with E-state index in [0.29, 0.717) is 11.8 Å². The summed E-state index contributed by atoms with van der Waals surface area (Å²) >= 11 is 0. The van der Waals surface area contributed by atoms with Crippen LogP contribution >= 0.6 is 0 Å². The van der Waals surface area contributed by atoms with E-state index in [1.54, 1.807) is 0 Å². The molecule has 1 aliphatic heterocycles.